The minimum absolute atomic E-state index is 0.0457. The molecule has 0 aliphatic carbocycles. The summed E-state index contributed by atoms with van der Waals surface area (Å²) in [5, 5.41) is 0. The third kappa shape index (κ3) is 11.5. The van der Waals surface area contributed by atoms with Crippen LogP contribution in [0.5, 0.6) is 11.6 Å². The molecular weight excluding hydrogens is 464 g/mol. The highest BCUT2D eigenvalue weighted by Gasteiger charge is 2.23. The van der Waals surface area contributed by atoms with Gasteiger partial charge in [-0.25, -0.2) is 18.6 Å². The zero-order valence-corrected chi connectivity index (χ0v) is 21.7. The van der Waals surface area contributed by atoms with Gasteiger partial charge in [-0.05, 0) is 36.6 Å². The molecule has 2 aromatic rings. The maximum atomic E-state index is 13.5. The van der Waals surface area contributed by atoms with Crippen LogP contribution in [0.25, 0.3) is 0 Å². The second-order valence-electron chi connectivity index (χ2n) is 9.04. The van der Waals surface area contributed by atoms with Gasteiger partial charge in [0.1, 0.15) is 5.75 Å². The Labute approximate surface area is 214 Å². The van der Waals surface area contributed by atoms with Gasteiger partial charge in [0.05, 0.1) is 24.7 Å². The van der Waals surface area contributed by atoms with Gasteiger partial charge in [-0.3, -0.25) is 0 Å². The summed E-state index contributed by atoms with van der Waals surface area (Å²) in [4.78, 5) is 16.6. The molecule has 36 heavy (non-hydrogen) atoms. The predicted molar refractivity (Wildman–Crippen MR) is 138 cm³/mol. The molecule has 0 spiro atoms. The van der Waals surface area contributed by atoms with Crippen LogP contribution in [0.15, 0.2) is 42.6 Å². The summed E-state index contributed by atoms with van der Waals surface area (Å²) in [5.41, 5.74) is 0.731. The van der Waals surface area contributed by atoms with Crippen molar-refractivity contribution in [1.82, 2.24) is 4.98 Å². The molecule has 2 rings (SSSR count). The molecule has 5 nitrogen and oxygen atoms in total. The Hall–Kier alpha value is -2.54. The number of nitrogens with zero attached hydrogens (tertiary/aromatic N) is 1. The first-order chi connectivity index (χ1) is 17.5. The average Bonchev–Trinajstić information content (AvgIpc) is 2.88. The van der Waals surface area contributed by atoms with Gasteiger partial charge in [-0.1, -0.05) is 77.3 Å². The second kappa shape index (κ2) is 17.8. The number of rotatable bonds is 19. The number of benzene rings is 1. The van der Waals surface area contributed by atoms with Gasteiger partial charge < -0.3 is 14.2 Å². The van der Waals surface area contributed by atoms with Gasteiger partial charge >= 0.3 is 5.97 Å². The van der Waals surface area contributed by atoms with Crippen molar-refractivity contribution in [3.63, 3.8) is 0 Å². The molecule has 0 aliphatic rings. The minimum Gasteiger partial charge on any atom is -0.478 e. The molecule has 0 N–H and O–H groups in total. The largest absolute Gasteiger partial charge is 0.478 e. The molecule has 0 aliphatic heterocycles. The summed E-state index contributed by atoms with van der Waals surface area (Å²) in [6.07, 6.45) is 10.5. The predicted octanol–water partition coefficient (Wildman–Crippen LogP) is 7.99. The van der Waals surface area contributed by atoms with Crippen LogP contribution in [0.3, 0.4) is 0 Å². The van der Waals surface area contributed by atoms with Crippen molar-refractivity contribution in [2.75, 3.05) is 19.8 Å². The number of ether oxygens (including phenoxy) is 3. The summed E-state index contributed by atoms with van der Waals surface area (Å²) in [6, 6.07) is 9.38. The molecule has 0 unspecified atom stereocenters. The zero-order chi connectivity index (χ0) is 26.0. The summed E-state index contributed by atoms with van der Waals surface area (Å²) < 4.78 is 43.3. The quantitative estimate of drug-likeness (QED) is 0.110. The first-order valence-electron chi connectivity index (χ1n) is 13.3. The monoisotopic (exact) mass is 505 g/mol. The molecule has 0 fully saturated rings. The van der Waals surface area contributed by atoms with E-state index in [-0.39, 0.29) is 17.9 Å². The Morgan fingerprint density at radius 2 is 1.50 bits per heavy atom. The average molecular weight is 506 g/mol. The van der Waals surface area contributed by atoms with E-state index in [4.69, 9.17) is 14.2 Å². The van der Waals surface area contributed by atoms with E-state index in [1.54, 1.807) is 24.3 Å². The normalized spacial score (nSPS) is 12.0. The van der Waals surface area contributed by atoms with Crippen LogP contribution < -0.4 is 9.47 Å². The van der Waals surface area contributed by atoms with Gasteiger partial charge in [-0.15, -0.1) is 0 Å². The van der Waals surface area contributed by atoms with Gasteiger partial charge in [0.15, 0.2) is 0 Å². The lowest BCUT2D eigenvalue weighted by Gasteiger charge is -2.17. The van der Waals surface area contributed by atoms with Crippen molar-refractivity contribution in [3.05, 3.63) is 53.7 Å². The van der Waals surface area contributed by atoms with Crippen molar-refractivity contribution >= 4 is 5.97 Å². The van der Waals surface area contributed by atoms with Crippen molar-refractivity contribution in [1.29, 1.82) is 0 Å². The van der Waals surface area contributed by atoms with E-state index in [9.17, 15) is 13.6 Å². The molecule has 0 bridgehead atoms. The number of hydrogen-bond donors (Lipinski definition) is 0. The van der Waals surface area contributed by atoms with Crippen molar-refractivity contribution in [2.24, 2.45) is 0 Å². The molecule has 0 radical (unpaired) electrons. The van der Waals surface area contributed by atoms with Crippen molar-refractivity contribution in [2.45, 2.75) is 90.4 Å². The van der Waals surface area contributed by atoms with E-state index >= 15 is 0 Å². The first kappa shape index (κ1) is 29.7. The van der Waals surface area contributed by atoms with Crippen LogP contribution >= 0.6 is 0 Å². The Bertz CT molecular complexity index is 843. The topological polar surface area (TPSA) is 57.7 Å². The molecule has 0 saturated carbocycles. The third-order valence-electron chi connectivity index (χ3n) is 5.98. The maximum absolute atomic E-state index is 13.5. The second-order valence-corrected chi connectivity index (χ2v) is 9.04. The number of esters is 1. The molecule has 7 heteroatoms. The van der Waals surface area contributed by atoms with Crippen LogP contribution in [0.4, 0.5) is 8.78 Å². The molecule has 1 heterocycles. The van der Waals surface area contributed by atoms with Crippen LogP contribution in [-0.4, -0.2) is 37.2 Å². The van der Waals surface area contributed by atoms with E-state index < -0.39 is 18.3 Å². The smallest absolute Gasteiger partial charge is 0.345 e. The summed E-state index contributed by atoms with van der Waals surface area (Å²) in [5.74, 6) is -0.843. The molecule has 1 aromatic carbocycles. The van der Waals surface area contributed by atoms with Crippen LogP contribution in [0.1, 0.15) is 99.9 Å². The summed E-state index contributed by atoms with van der Waals surface area (Å²) >= 11 is 0. The fraction of sp³-hybridized carbons (Fsp3) is 0.586. The standard InChI is InChI=1S/C29H41F2NO4/c1-3-5-7-8-9-10-11-12-20-35-27-18-15-24(21-32-27)29(33)36-25-16-13-23(14-17-25)26(28(30)31)22-34-19-6-4-2/h13-18,21,26,28H,3-12,19-20,22H2,1-2H3/t26-/m0/s1. The SMILES string of the molecule is CCCCCCCCCCOc1ccc(C(=O)Oc2ccc([C@H](COCCCC)C(F)F)cc2)cn1. The Kier molecular flexibility index (Phi) is 14.7. The fourth-order valence-corrected chi connectivity index (χ4v) is 3.72. The lowest BCUT2D eigenvalue weighted by atomic mass is 10.0. The van der Waals surface area contributed by atoms with Gasteiger partial charge in [-0.2, -0.15) is 0 Å². The highest BCUT2D eigenvalue weighted by molar-refractivity contribution is 5.90. The number of hydrogen-bond acceptors (Lipinski definition) is 5. The third-order valence-corrected chi connectivity index (χ3v) is 5.98. The lowest BCUT2D eigenvalue weighted by Crippen LogP contribution is -2.16. The Morgan fingerprint density at radius 3 is 2.11 bits per heavy atom. The number of unbranched alkanes of at least 4 members (excludes halogenated alkanes) is 8. The molecule has 1 atom stereocenters. The van der Waals surface area contributed by atoms with Crippen LogP contribution in [-0.2, 0) is 4.74 Å². The van der Waals surface area contributed by atoms with Crippen LogP contribution in [0.2, 0.25) is 0 Å². The lowest BCUT2D eigenvalue weighted by molar-refractivity contribution is 0.0425. The zero-order valence-electron chi connectivity index (χ0n) is 21.7. The van der Waals surface area contributed by atoms with E-state index in [1.165, 1.54) is 56.9 Å². The highest BCUT2D eigenvalue weighted by Crippen LogP contribution is 2.26. The molecule has 0 amide bonds. The number of alkyl halides is 2. The number of carbonyl (C=O) groups excluding carboxylic acids is 1. The van der Waals surface area contributed by atoms with Crippen molar-refractivity contribution < 1.29 is 27.8 Å². The van der Waals surface area contributed by atoms with E-state index in [0.717, 1.165) is 25.7 Å². The first-order valence-corrected chi connectivity index (χ1v) is 13.3. The van der Waals surface area contributed by atoms with Crippen molar-refractivity contribution in [3.8, 4) is 11.6 Å². The minimum atomic E-state index is -2.54. The van der Waals surface area contributed by atoms with E-state index in [0.29, 0.717) is 24.7 Å². The molecule has 1 aromatic heterocycles. The van der Waals surface area contributed by atoms with E-state index in [1.807, 2.05) is 6.92 Å². The highest BCUT2D eigenvalue weighted by atomic mass is 19.3. The van der Waals surface area contributed by atoms with E-state index in [2.05, 4.69) is 11.9 Å². The van der Waals surface area contributed by atoms with Gasteiger partial charge in [0.2, 0.25) is 12.3 Å². The Morgan fingerprint density at radius 1 is 0.833 bits per heavy atom. The van der Waals surface area contributed by atoms with Gasteiger partial charge in [0.25, 0.3) is 0 Å². The number of pyridine rings is 1. The number of aromatic nitrogens is 1. The molecular formula is C29H41F2NO4. The van der Waals surface area contributed by atoms with Gasteiger partial charge in [0, 0.05) is 18.9 Å². The summed E-state index contributed by atoms with van der Waals surface area (Å²) in [6.45, 7) is 5.26. The Balaban J connectivity index is 1.75. The number of carbonyl (C=O) groups is 1. The van der Waals surface area contributed by atoms with Crippen LogP contribution in [0, 0.1) is 0 Å². The fourth-order valence-electron chi connectivity index (χ4n) is 3.72. The molecule has 200 valence electrons. The molecule has 0 saturated heterocycles. The maximum Gasteiger partial charge on any atom is 0.345 e. The number of halogens is 2. The summed E-state index contributed by atoms with van der Waals surface area (Å²) in [7, 11) is 0.